The summed E-state index contributed by atoms with van der Waals surface area (Å²) in [6.45, 7) is 0.724. The molecule has 0 saturated carbocycles. The number of nitrogens with zero attached hydrogens (tertiary/aromatic N) is 1. The van der Waals surface area contributed by atoms with Crippen LogP contribution in [0.4, 0.5) is 5.69 Å². The molecular formula is C20H23N3O5S. The van der Waals surface area contributed by atoms with Crippen molar-refractivity contribution in [1.82, 2.24) is 10.0 Å². The van der Waals surface area contributed by atoms with E-state index < -0.39 is 15.9 Å². The maximum Gasteiger partial charge on any atom is 0.254 e. The third-order valence-corrected chi connectivity index (χ3v) is 6.11. The van der Waals surface area contributed by atoms with Crippen molar-refractivity contribution in [2.45, 2.75) is 24.3 Å². The zero-order valence-electron chi connectivity index (χ0n) is 16.3. The second kappa shape index (κ2) is 8.62. The van der Waals surface area contributed by atoms with Gasteiger partial charge in [0.2, 0.25) is 15.9 Å². The molecule has 2 aromatic rings. The Hall–Kier alpha value is -2.91. The van der Waals surface area contributed by atoms with Crippen LogP contribution in [0.2, 0.25) is 0 Å². The summed E-state index contributed by atoms with van der Waals surface area (Å²) in [6.07, 6.45) is 1.35. The Morgan fingerprint density at radius 3 is 2.66 bits per heavy atom. The third-order valence-electron chi connectivity index (χ3n) is 4.71. The number of carbonyl (C=O) groups is 2. The number of benzene rings is 2. The summed E-state index contributed by atoms with van der Waals surface area (Å²) in [7, 11) is -0.990. The lowest BCUT2D eigenvalue weighted by atomic mass is 10.2. The van der Waals surface area contributed by atoms with Crippen LogP contribution in [0, 0.1) is 0 Å². The standard InChI is InChI=1S/C20H23N3O5S/c1-21-20(25)17-12-16(8-9-18(17)28-2)29(26,27)22-13-14-5-3-6-15(11-14)23-10-4-7-19(23)24/h3,5-6,8-9,11-12,22H,4,7,10,13H2,1-2H3,(H,21,25). The lowest BCUT2D eigenvalue weighted by molar-refractivity contribution is -0.117. The number of nitrogens with one attached hydrogen (secondary N) is 2. The zero-order chi connectivity index (χ0) is 21.0. The molecule has 3 rings (SSSR count). The predicted molar refractivity (Wildman–Crippen MR) is 108 cm³/mol. The van der Waals surface area contributed by atoms with E-state index in [1.807, 2.05) is 6.07 Å². The fourth-order valence-corrected chi connectivity index (χ4v) is 4.23. The first-order valence-electron chi connectivity index (χ1n) is 9.15. The maximum atomic E-state index is 12.7. The average molecular weight is 417 g/mol. The van der Waals surface area contributed by atoms with Gasteiger partial charge in [0.15, 0.2) is 0 Å². The molecule has 1 saturated heterocycles. The molecule has 0 atom stereocenters. The number of anilines is 1. The van der Waals surface area contributed by atoms with Gasteiger partial charge in [0.1, 0.15) is 5.75 Å². The van der Waals surface area contributed by atoms with Gasteiger partial charge in [-0.2, -0.15) is 0 Å². The molecule has 1 aliphatic heterocycles. The number of hydrogen-bond acceptors (Lipinski definition) is 5. The lowest BCUT2D eigenvalue weighted by Gasteiger charge is -2.17. The van der Waals surface area contributed by atoms with Crippen LogP contribution in [0.5, 0.6) is 5.75 Å². The molecule has 1 aliphatic rings. The smallest absolute Gasteiger partial charge is 0.254 e. The van der Waals surface area contributed by atoms with E-state index in [-0.39, 0.29) is 28.7 Å². The van der Waals surface area contributed by atoms with Gasteiger partial charge >= 0.3 is 0 Å². The Balaban J connectivity index is 1.78. The topological polar surface area (TPSA) is 105 Å². The Morgan fingerprint density at radius 1 is 1.21 bits per heavy atom. The highest BCUT2D eigenvalue weighted by atomic mass is 32.2. The summed E-state index contributed by atoms with van der Waals surface area (Å²) >= 11 is 0. The van der Waals surface area contributed by atoms with Gasteiger partial charge < -0.3 is 15.0 Å². The van der Waals surface area contributed by atoms with Crippen LogP contribution in [0.15, 0.2) is 47.4 Å². The molecular weight excluding hydrogens is 394 g/mol. The van der Waals surface area contributed by atoms with Crippen molar-refractivity contribution < 1.29 is 22.7 Å². The largest absolute Gasteiger partial charge is 0.496 e. The number of methoxy groups -OCH3 is 1. The van der Waals surface area contributed by atoms with E-state index >= 15 is 0 Å². The quantitative estimate of drug-likeness (QED) is 0.713. The van der Waals surface area contributed by atoms with E-state index in [2.05, 4.69) is 10.0 Å². The first kappa shape index (κ1) is 20.8. The summed E-state index contributed by atoms with van der Waals surface area (Å²) in [4.78, 5) is 25.6. The Bertz CT molecular complexity index is 1040. The highest BCUT2D eigenvalue weighted by Crippen LogP contribution is 2.24. The number of amides is 2. The van der Waals surface area contributed by atoms with E-state index in [0.717, 1.165) is 17.7 Å². The average Bonchev–Trinajstić information content (AvgIpc) is 3.17. The summed E-state index contributed by atoms with van der Waals surface area (Å²) in [5.41, 5.74) is 1.62. The van der Waals surface area contributed by atoms with Crippen LogP contribution in [0.3, 0.4) is 0 Å². The van der Waals surface area contributed by atoms with Crippen LogP contribution in [0.25, 0.3) is 0 Å². The van der Waals surface area contributed by atoms with E-state index in [4.69, 9.17) is 4.74 Å². The van der Waals surface area contributed by atoms with Crippen molar-refractivity contribution in [3.05, 3.63) is 53.6 Å². The van der Waals surface area contributed by atoms with Crippen molar-refractivity contribution in [3.8, 4) is 5.75 Å². The first-order valence-corrected chi connectivity index (χ1v) is 10.6. The van der Waals surface area contributed by atoms with E-state index in [0.29, 0.717) is 13.0 Å². The Kier molecular flexibility index (Phi) is 6.19. The van der Waals surface area contributed by atoms with Gasteiger partial charge in [0, 0.05) is 32.2 Å². The second-order valence-corrected chi connectivity index (χ2v) is 8.35. The fraction of sp³-hybridized carbons (Fsp3) is 0.300. The summed E-state index contributed by atoms with van der Waals surface area (Å²) in [6, 6.07) is 11.3. The summed E-state index contributed by atoms with van der Waals surface area (Å²) in [5.74, 6) is -0.0872. The van der Waals surface area contributed by atoms with Gasteiger partial charge in [0.25, 0.3) is 5.91 Å². The number of hydrogen-bond donors (Lipinski definition) is 2. The van der Waals surface area contributed by atoms with Gasteiger partial charge in [-0.25, -0.2) is 13.1 Å². The Labute approximate surface area is 169 Å². The molecule has 0 aliphatic carbocycles. The van der Waals surface area contributed by atoms with E-state index in [1.54, 1.807) is 23.1 Å². The van der Waals surface area contributed by atoms with Crippen LogP contribution in [-0.2, 0) is 21.4 Å². The van der Waals surface area contributed by atoms with Crippen molar-refractivity contribution in [2.24, 2.45) is 0 Å². The minimum atomic E-state index is -3.86. The van der Waals surface area contributed by atoms with Gasteiger partial charge in [-0.1, -0.05) is 12.1 Å². The summed E-state index contributed by atoms with van der Waals surface area (Å²) < 4.78 is 33.1. The van der Waals surface area contributed by atoms with Crippen LogP contribution in [0.1, 0.15) is 28.8 Å². The molecule has 0 radical (unpaired) electrons. The molecule has 0 unspecified atom stereocenters. The van der Waals surface area contributed by atoms with Gasteiger partial charge in [-0.05, 0) is 42.3 Å². The second-order valence-electron chi connectivity index (χ2n) is 6.58. The van der Waals surface area contributed by atoms with Crippen molar-refractivity contribution >= 4 is 27.5 Å². The van der Waals surface area contributed by atoms with Gasteiger partial charge in [0.05, 0.1) is 17.6 Å². The molecule has 2 amide bonds. The molecule has 0 aromatic heterocycles. The molecule has 0 bridgehead atoms. The number of ether oxygens (including phenoxy) is 1. The molecule has 2 aromatic carbocycles. The summed E-state index contributed by atoms with van der Waals surface area (Å²) in [5, 5.41) is 2.46. The molecule has 0 spiro atoms. The van der Waals surface area contributed by atoms with Crippen molar-refractivity contribution in [2.75, 3.05) is 25.6 Å². The van der Waals surface area contributed by atoms with Gasteiger partial charge in [-0.3, -0.25) is 9.59 Å². The number of rotatable bonds is 7. The minimum Gasteiger partial charge on any atom is -0.496 e. The SMILES string of the molecule is CNC(=O)c1cc(S(=O)(=O)NCc2cccc(N3CCCC3=O)c2)ccc1OC. The third kappa shape index (κ3) is 4.57. The number of carbonyl (C=O) groups excluding carboxylic acids is 2. The number of sulfonamides is 1. The first-order chi connectivity index (χ1) is 13.9. The fourth-order valence-electron chi connectivity index (χ4n) is 3.18. The molecule has 2 N–H and O–H groups in total. The van der Waals surface area contributed by atoms with Crippen molar-refractivity contribution in [3.63, 3.8) is 0 Å². The molecule has 8 nitrogen and oxygen atoms in total. The van der Waals surface area contributed by atoms with E-state index in [1.165, 1.54) is 32.4 Å². The highest BCUT2D eigenvalue weighted by Gasteiger charge is 2.22. The molecule has 1 fully saturated rings. The molecule has 29 heavy (non-hydrogen) atoms. The van der Waals surface area contributed by atoms with Crippen LogP contribution >= 0.6 is 0 Å². The monoisotopic (exact) mass is 417 g/mol. The lowest BCUT2D eigenvalue weighted by Crippen LogP contribution is -2.25. The minimum absolute atomic E-state index is 0.0391. The highest BCUT2D eigenvalue weighted by molar-refractivity contribution is 7.89. The molecule has 154 valence electrons. The molecule has 9 heteroatoms. The van der Waals surface area contributed by atoms with Crippen LogP contribution < -0.4 is 19.7 Å². The van der Waals surface area contributed by atoms with Gasteiger partial charge in [-0.15, -0.1) is 0 Å². The predicted octanol–water partition coefficient (Wildman–Crippen LogP) is 1.66. The van der Waals surface area contributed by atoms with E-state index in [9.17, 15) is 18.0 Å². The Morgan fingerprint density at radius 2 is 2.00 bits per heavy atom. The molecule has 1 heterocycles. The van der Waals surface area contributed by atoms with Crippen LogP contribution in [-0.4, -0.2) is 40.9 Å². The zero-order valence-corrected chi connectivity index (χ0v) is 17.1. The van der Waals surface area contributed by atoms with Crippen molar-refractivity contribution in [1.29, 1.82) is 0 Å². The normalized spacial score (nSPS) is 14.1. The maximum absolute atomic E-state index is 12.7.